The summed E-state index contributed by atoms with van der Waals surface area (Å²) in [5.74, 6) is 0.297. The first-order chi connectivity index (χ1) is 14.0. The van der Waals surface area contributed by atoms with Crippen molar-refractivity contribution in [1.29, 1.82) is 0 Å². The largest absolute Gasteiger partial charge is 0.494 e. The number of rotatable bonds is 7. The second-order valence-corrected chi connectivity index (χ2v) is 7.80. The van der Waals surface area contributed by atoms with Crippen molar-refractivity contribution in [1.82, 2.24) is 10.6 Å². The summed E-state index contributed by atoms with van der Waals surface area (Å²) in [6, 6.07) is 14.6. The lowest BCUT2D eigenvalue weighted by atomic mass is 9.87. The molecule has 1 aliphatic rings. The van der Waals surface area contributed by atoms with Crippen molar-refractivity contribution in [3.05, 3.63) is 65.2 Å². The molecule has 29 heavy (non-hydrogen) atoms. The smallest absolute Gasteiger partial charge is 0.251 e. The third-order valence-corrected chi connectivity index (χ3v) is 5.35. The summed E-state index contributed by atoms with van der Waals surface area (Å²) >= 11 is 0. The fraction of sp³-hybridized carbons (Fsp3) is 0.417. The fourth-order valence-corrected chi connectivity index (χ4v) is 3.79. The number of fused-ring (bicyclic) bond motifs is 1. The fourth-order valence-electron chi connectivity index (χ4n) is 3.79. The Balaban J connectivity index is 1.68. The molecule has 2 N–H and O–H groups in total. The first-order valence-corrected chi connectivity index (χ1v) is 10.4. The van der Waals surface area contributed by atoms with Crippen LogP contribution in [0.5, 0.6) is 5.75 Å². The molecule has 2 aromatic carbocycles. The molecule has 0 aromatic heterocycles. The minimum absolute atomic E-state index is 0.00363. The average molecular weight is 395 g/mol. The van der Waals surface area contributed by atoms with Crippen LogP contribution in [0, 0.1) is 5.92 Å². The van der Waals surface area contributed by atoms with E-state index in [2.05, 4.69) is 22.8 Å². The standard InChI is InChI=1S/C24H30N2O3/c1-4-29-19-14-12-18(13-15-19)23(27)26-22(16(2)3)24(28)25-21-11-7-9-17-8-5-6-10-20(17)21/h5-6,8,10,12-16,21-22H,4,7,9,11H2,1-3H3,(H,25,28)(H,26,27)/t21-,22+/m1/s1. The van der Waals surface area contributed by atoms with E-state index < -0.39 is 6.04 Å². The van der Waals surface area contributed by atoms with Gasteiger partial charge in [0.1, 0.15) is 11.8 Å². The summed E-state index contributed by atoms with van der Waals surface area (Å²) in [4.78, 5) is 25.7. The number of hydrogen-bond donors (Lipinski definition) is 2. The normalized spacial score (nSPS) is 16.6. The Hall–Kier alpha value is -2.82. The third-order valence-electron chi connectivity index (χ3n) is 5.35. The molecule has 2 amide bonds. The van der Waals surface area contributed by atoms with Crippen LogP contribution >= 0.6 is 0 Å². The number of nitrogens with one attached hydrogen (secondary N) is 2. The van der Waals surface area contributed by atoms with Gasteiger partial charge in [0.25, 0.3) is 5.91 Å². The summed E-state index contributed by atoms with van der Waals surface area (Å²) in [6.07, 6.45) is 3.01. The average Bonchev–Trinajstić information content (AvgIpc) is 2.72. The lowest BCUT2D eigenvalue weighted by Gasteiger charge is -2.29. The first-order valence-electron chi connectivity index (χ1n) is 10.4. The van der Waals surface area contributed by atoms with Crippen molar-refractivity contribution >= 4 is 11.8 Å². The van der Waals surface area contributed by atoms with Gasteiger partial charge in [0.2, 0.25) is 5.91 Å². The third kappa shape index (κ3) is 5.17. The summed E-state index contributed by atoms with van der Waals surface area (Å²) in [7, 11) is 0. The van der Waals surface area contributed by atoms with Gasteiger partial charge in [-0.05, 0) is 67.5 Å². The molecule has 0 fully saturated rings. The zero-order valence-electron chi connectivity index (χ0n) is 17.4. The molecular formula is C24H30N2O3. The van der Waals surface area contributed by atoms with Gasteiger partial charge in [-0.25, -0.2) is 0 Å². The zero-order valence-corrected chi connectivity index (χ0v) is 17.4. The van der Waals surface area contributed by atoms with Crippen LogP contribution in [0.4, 0.5) is 0 Å². The predicted octanol–water partition coefficient (Wildman–Crippen LogP) is 4.03. The van der Waals surface area contributed by atoms with Gasteiger partial charge in [-0.15, -0.1) is 0 Å². The van der Waals surface area contributed by atoms with Crippen LogP contribution in [0.1, 0.15) is 61.1 Å². The van der Waals surface area contributed by atoms with Gasteiger partial charge in [0.05, 0.1) is 12.6 Å². The maximum atomic E-state index is 13.0. The van der Waals surface area contributed by atoms with E-state index in [9.17, 15) is 9.59 Å². The quantitative estimate of drug-likeness (QED) is 0.745. The summed E-state index contributed by atoms with van der Waals surface area (Å²) < 4.78 is 5.42. The van der Waals surface area contributed by atoms with Crippen LogP contribution in [0.2, 0.25) is 0 Å². The van der Waals surface area contributed by atoms with Crippen LogP contribution in [0.25, 0.3) is 0 Å². The first kappa shape index (κ1) is 20.9. The summed E-state index contributed by atoms with van der Waals surface area (Å²) in [5.41, 5.74) is 2.99. The Labute approximate surface area is 172 Å². The van der Waals surface area contributed by atoms with Gasteiger partial charge < -0.3 is 15.4 Å². The molecular weight excluding hydrogens is 364 g/mol. The lowest BCUT2D eigenvalue weighted by molar-refractivity contribution is -0.124. The van der Waals surface area contributed by atoms with Crippen LogP contribution in [-0.4, -0.2) is 24.5 Å². The van der Waals surface area contributed by atoms with Crippen LogP contribution in [0.15, 0.2) is 48.5 Å². The molecule has 0 saturated carbocycles. The molecule has 0 bridgehead atoms. The highest BCUT2D eigenvalue weighted by atomic mass is 16.5. The van der Waals surface area contributed by atoms with Gasteiger partial charge in [-0.3, -0.25) is 9.59 Å². The maximum absolute atomic E-state index is 13.0. The van der Waals surface area contributed by atoms with E-state index in [0.29, 0.717) is 12.2 Å². The highest BCUT2D eigenvalue weighted by Gasteiger charge is 2.28. The molecule has 5 heteroatoms. The second-order valence-electron chi connectivity index (χ2n) is 7.80. The molecule has 5 nitrogen and oxygen atoms in total. The summed E-state index contributed by atoms with van der Waals surface area (Å²) in [5, 5.41) is 6.07. The highest BCUT2D eigenvalue weighted by Crippen LogP contribution is 2.29. The molecule has 3 rings (SSSR count). The molecule has 0 unspecified atom stereocenters. The number of carbonyl (C=O) groups excluding carboxylic acids is 2. The van der Waals surface area contributed by atoms with Gasteiger partial charge in [0, 0.05) is 5.56 Å². The van der Waals surface area contributed by atoms with Crippen LogP contribution in [0.3, 0.4) is 0 Å². The maximum Gasteiger partial charge on any atom is 0.251 e. The lowest BCUT2D eigenvalue weighted by Crippen LogP contribution is -2.50. The molecule has 0 aliphatic heterocycles. The van der Waals surface area contributed by atoms with E-state index in [4.69, 9.17) is 4.74 Å². The monoisotopic (exact) mass is 394 g/mol. The van der Waals surface area contributed by atoms with Crippen LogP contribution < -0.4 is 15.4 Å². The molecule has 2 atom stereocenters. The SMILES string of the molecule is CCOc1ccc(C(=O)N[C@H](C(=O)N[C@@H]2CCCc3ccccc32)C(C)C)cc1. The van der Waals surface area contributed by atoms with E-state index in [1.165, 1.54) is 11.1 Å². The summed E-state index contributed by atoms with van der Waals surface area (Å²) in [6.45, 7) is 6.37. The van der Waals surface area contributed by atoms with E-state index in [1.807, 2.05) is 32.9 Å². The molecule has 0 heterocycles. The van der Waals surface area contributed by atoms with Gasteiger partial charge in [0.15, 0.2) is 0 Å². The number of carbonyl (C=O) groups is 2. The molecule has 154 valence electrons. The number of aryl methyl sites for hydroxylation is 1. The molecule has 0 spiro atoms. The molecule has 0 saturated heterocycles. The van der Waals surface area contributed by atoms with E-state index in [0.717, 1.165) is 25.0 Å². The topological polar surface area (TPSA) is 67.4 Å². The van der Waals surface area contributed by atoms with E-state index >= 15 is 0 Å². The molecule has 0 radical (unpaired) electrons. The second kappa shape index (κ2) is 9.59. The van der Waals surface area contributed by atoms with Crippen molar-refractivity contribution in [2.45, 2.75) is 52.1 Å². The molecule has 1 aliphatic carbocycles. The zero-order chi connectivity index (χ0) is 20.8. The van der Waals surface area contributed by atoms with Crippen molar-refractivity contribution in [3.63, 3.8) is 0 Å². The Morgan fingerprint density at radius 3 is 2.52 bits per heavy atom. The number of ether oxygens (including phenoxy) is 1. The number of hydrogen-bond acceptors (Lipinski definition) is 3. The Bertz CT molecular complexity index is 845. The Kier molecular flexibility index (Phi) is 6.91. The van der Waals surface area contributed by atoms with Crippen molar-refractivity contribution < 1.29 is 14.3 Å². The molecule has 2 aromatic rings. The van der Waals surface area contributed by atoms with Gasteiger partial charge in [-0.1, -0.05) is 38.1 Å². The highest BCUT2D eigenvalue weighted by molar-refractivity contribution is 5.97. The van der Waals surface area contributed by atoms with Gasteiger partial charge >= 0.3 is 0 Å². The van der Waals surface area contributed by atoms with Crippen molar-refractivity contribution in [2.75, 3.05) is 6.61 Å². The van der Waals surface area contributed by atoms with Crippen molar-refractivity contribution in [3.8, 4) is 5.75 Å². The minimum atomic E-state index is -0.594. The minimum Gasteiger partial charge on any atom is -0.494 e. The van der Waals surface area contributed by atoms with Gasteiger partial charge in [-0.2, -0.15) is 0 Å². The van der Waals surface area contributed by atoms with E-state index in [1.54, 1.807) is 24.3 Å². The number of amides is 2. The van der Waals surface area contributed by atoms with Crippen LogP contribution in [-0.2, 0) is 11.2 Å². The van der Waals surface area contributed by atoms with E-state index in [-0.39, 0.29) is 23.8 Å². The Morgan fingerprint density at radius 2 is 1.83 bits per heavy atom. The number of benzene rings is 2. The van der Waals surface area contributed by atoms with Crippen molar-refractivity contribution in [2.24, 2.45) is 5.92 Å². The Morgan fingerprint density at radius 1 is 1.10 bits per heavy atom. The predicted molar refractivity (Wildman–Crippen MR) is 114 cm³/mol.